The Hall–Kier alpha value is -1.58. The van der Waals surface area contributed by atoms with Gasteiger partial charge in [0.2, 0.25) is 0 Å². The van der Waals surface area contributed by atoms with Gasteiger partial charge in [0.15, 0.2) is 0 Å². The van der Waals surface area contributed by atoms with Gasteiger partial charge < -0.3 is 10.4 Å². The monoisotopic (exact) mass is 206 g/mol. The van der Waals surface area contributed by atoms with Crippen LogP contribution in [0.4, 0.5) is 5.82 Å². The summed E-state index contributed by atoms with van der Waals surface area (Å²) in [4.78, 5) is 14.8. The van der Waals surface area contributed by atoms with E-state index in [0.717, 1.165) is 12.8 Å². The summed E-state index contributed by atoms with van der Waals surface area (Å²) in [5, 5.41) is 12.1. The minimum absolute atomic E-state index is 0.283. The number of aromatic nitrogens is 1. The smallest absolute Gasteiger partial charge is 0.335 e. The molecule has 1 aliphatic carbocycles. The van der Waals surface area contributed by atoms with Gasteiger partial charge >= 0.3 is 5.97 Å². The second-order valence-electron chi connectivity index (χ2n) is 3.86. The van der Waals surface area contributed by atoms with Gasteiger partial charge in [-0.1, -0.05) is 12.8 Å². The number of nitrogens with one attached hydrogen (secondary N) is 1. The highest BCUT2D eigenvalue weighted by atomic mass is 16.4. The maximum absolute atomic E-state index is 10.7. The highest BCUT2D eigenvalue weighted by Crippen LogP contribution is 2.21. The number of rotatable bonds is 3. The molecule has 0 aromatic carbocycles. The lowest BCUT2D eigenvalue weighted by Gasteiger charge is -2.12. The molecule has 0 bridgehead atoms. The van der Waals surface area contributed by atoms with Gasteiger partial charge in [0, 0.05) is 12.2 Å². The molecule has 0 saturated heterocycles. The van der Waals surface area contributed by atoms with Crippen molar-refractivity contribution >= 4 is 11.8 Å². The first-order chi connectivity index (χ1) is 7.25. The topological polar surface area (TPSA) is 62.2 Å². The molecule has 1 aromatic heterocycles. The molecule has 80 valence electrons. The zero-order valence-corrected chi connectivity index (χ0v) is 8.44. The fourth-order valence-electron chi connectivity index (χ4n) is 1.92. The first-order valence-electron chi connectivity index (χ1n) is 5.21. The molecule has 1 aliphatic rings. The molecule has 15 heavy (non-hydrogen) atoms. The Morgan fingerprint density at radius 1 is 1.47 bits per heavy atom. The molecule has 2 N–H and O–H groups in total. The van der Waals surface area contributed by atoms with Crippen LogP contribution in [0.5, 0.6) is 0 Å². The van der Waals surface area contributed by atoms with Crippen molar-refractivity contribution in [1.29, 1.82) is 0 Å². The lowest BCUT2D eigenvalue weighted by Crippen LogP contribution is -2.15. The van der Waals surface area contributed by atoms with Crippen molar-refractivity contribution in [2.75, 3.05) is 5.32 Å². The fraction of sp³-hybridized carbons (Fsp3) is 0.455. The number of carboxylic acid groups (broad SMARTS) is 1. The van der Waals surface area contributed by atoms with E-state index in [0.29, 0.717) is 11.9 Å². The lowest BCUT2D eigenvalue weighted by molar-refractivity contribution is 0.0697. The van der Waals surface area contributed by atoms with Crippen LogP contribution >= 0.6 is 0 Å². The Bertz CT molecular complexity index is 359. The van der Waals surface area contributed by atoms with Crippen LogP contribution in [0.15, 0.2) is 18.3 Å². The molecule has 0 aliphatic heterocycles. The third-order valence-electron chi connectivity index (χ3n) is 2.71. The van der Waals surface area contributed by atoms with Crippen LogP contribution in [0, 0.1) is 0 Å². The molecular formula is C11H14N2O2. The number of anilines is 1. The lowest BCUT2D eigenvalue weighted by atomic mass is 10.2. The van der Waals surface area contributed by atoms with E-state index in [1.807, 2.05) is 0 Å². The SMILES string of the molecule is O=C(O)c1ccnc(NC2CCCC2)c1. The normalized spacial score (nSPS) is 16.5. The number of carboxylic acids is 1. The van der Waals surface area contributed by atoms with Crippen LogP contribution in [0.1, 0.15) is 36.0 Å². The Balaban J connectivity index is 2.07. The van der Waals surface area contributed by atoms with E-state index in [2.05, 4.69) is 10.3 Å². The summed E-state index contributed by atoms with van der Waals surface area (Å²) < 4.78 is 0. The van der Waals surface area contributed by atoms with Gasteiger partial charge in [-0.3, -0.25) is 0 Å². The molecule has 2 rings (SSSR count). The number of pyridine rings is 1. The summed E-state index contributed by atoms with van der Waals surface area (Å²) in [6.07, 6.45) is 6.32. The predicted octanol–water partition coefficient (Wildman–Crippen LogP) is 2.13. The van der Waals surface area contributed by atoms with Crippen LogP contribution in [0.2, 0.25) is 0 Å². The molecule has 1 heterocycles. The zero-order valence-electron chi connectivity index (χ0n) is 8.44. The van der Waals surface area contributed by atoms with E-state index in [1.165, 1.54) is 25.1 Å². The van der Waals surface area contributed by atoms with Crippen molar-refractivity contribution in [2.45, 2.75) is 31.7 Å². The number of nitrogens with zero attached hydrogens (tertiary/aromatic N) is 1. The summed E-state index contributed by atoms with van der Waals surface area (Å²) in [5.41, 5.74) is 0.283. The zero-order chi connectivity index (χ0) is 10.7. The van der Waals surface area contributed by atoms with Crippen molar-refractivity contribution in [3.63, 3.8) is 0 Å². The summed E-state index contributed by atoms with van der Waals surface area (Å²) in [5.74, 6) is -0.242. The van der Waals surface area contributed by atoms with Crippen molar-refractivity contribution in [3.8, 4) is 0 Å². The van der Waals surface area contributed by atoms with Crippen LogP contribution in [-0.4, -0.2) is 22.1 Å². The average Bonchev–Trinajstić information content (AvgIpc) is 2.71. The van der Waals surface area contributed by atoms with Crippen molar-refractivity contribution in [3.05, 3.63) is 23.9 Å². The van der Waals surface area contributed by atoms with Crippen molar-refractivity contribution in [1.82, 2.24) is 4.98 Å². The van der Waals surface area contributed by atoms with E-state index in [9.17, 15) is 4.79 Å². The average molecular weight is 206 g/mol. The molecule has 4 heteroatoms. The first-order valence-corrected chi connectivity index (χ1v) is 5.21. The van der Waals surface area contributed by atoms with Crippen LogP contribution in [-0.2, 0) is 0 Å². The van der Waals surface area contributed by atoms with Crippen LogP contribution in [0.3, 0.4) is 0 Å². The Morgan fingerprint density at radius 3 is 2.87 bits per heavy atom. The van der Waals surface area contributed by atoms with Crippen molar-refractivity contribution < 1.29 is 9.90 Å². The molecule has 0 spiro atoms. The molecule has 1 saturated carbocycles. The molecule has 1 fully saturated rings. The number of aromatic carboxylic acids is 1. The maximum atomic E-state index is 10.7. The minimum atomic E-state index is -0.910. The van der Waals surface area contributed by atoms with Gasteiger partial charge in [-0.2, -0.15) is 0 Å². The van der Waals surface area contributed by atoms with E-state index >= 15 is 0 Å². The third kappa shape index (κ3) is 2.46. The Morgan fingerprint density at radius 2 is 2.20 bits per heavy atom. The van der Waals surface area contributed by atoms with Crippen LogP contribution in [0.25, 0.3) is 0 Å². The molecule has 0 amide bonds. The van der Waals surface area contributed by atoms with Gasteiger partial charge in [0.25, 0.3) is 0 Å². The largest absolute Gasteiger partial charge is 0.478 e. The summed E-state index contributed by atoms with van der Waals surface area (Å²) in [6, 6.07) is 3.55. The highest BCUT2D eigenvalue weighted by Gasteiger charge is 2.15. The van der Waals surface area contributed by atoms with Gasteiger partial charge in [0.05, 0.1) is 5.56 Å². The Labute approximate surface area is 88.3 Å². The van der Waals surface area contributed by atoms with Crippen molar-refractivity contribution in [2.24, 2.45) is 0 Å². The van der Waals surface area contributed by atoms with Gasteiger partial charge in [-0.15, -0.1) is 0 Å². The molecule has 1 aromatic rings. The fourth-order valence-corrected chi connectivity index (χ4v) is 1.92. The van der Waals surface area contributed by atoms with E-state index in [4.69, 9.17) is 5.11 Å². The second-order valence-corrected chi connectivity index (χ2v) is 3.86. The van der Waals surface area contributed by atoms with E-state index in [-0.39, 0.29) is 5.56 Å². The molecule has 0 radical (unpaired) electrons. The Kier molecular flexibility index (Phi) is 2.85. The van der Waals surface area contributed by atoms with E-state index in [1.54, 1.807) is 6.07 Å². The van der Waals surface area contributed by atoms with Gasteiger partial charge in [-0.25, -0.2) is 9.78 Å². The maximum Gasteiger partial charge on any atom is 0.335 e. The molecular weight excluding hydrogens is 192 g/mol. The molecule has 0 atom stereocenters. The number of carbonyl (C=O) groups is 1. The second kappa shape index (κ2) is 4.29. The van der Waals surface area contributed by atoms with Gasteiger partial charge in [-0.05, 0) is 25.0 Å². The molecule has 4 nitrogen and oxygen atoms in total. The van der Waals surface area contributed by atoms with Crippen LogP contribution < -0.4 is 5.32 Å². The highest BCUT2D eigenvalue weighted by molar-refractivity contribution is 5.88. The summed E-state index contributed by atoms with van der Waals surface area (Å²) in [7, 11) is 0. The number of hydrogen-bond acceptors (Lipinski definition) is 3. The third-order valence-corrected chi connectivity index (χ3v) is 2.71. The first kappa shape index (κ1) is 9.96. The number of hydrogen-bond donors (Lipinski definition) is 2. The summed E-state index contributed by atoms with van der Waals surface area (Å²) >= 11 is 0. The van der Waals surface area contributed by atoms with Gasteiger partial charge in [0.1, 0.15) is 5.82 Å². The van der Waals surface area contributed by atoms with E-state index < -0.39 is 5.97 Å². The standard InChI is InChI=1S/C11H14N2O2/c14-11(15)8-5-6-12-10(7-8)13-9-3-1-2-4-9/h5-7,9H,1-4H2,(H,12,13)(H,14,15). The molecule has 0 unspecified atom stereocenters. The predicted molar refractivity (Wildman–Crippen MR) is 57.1 cm³/mol. The quantitative estimate of drug-likeness (QED) is 0.795. The summed E-state index contributed by atoms with van der Waals surface area (Å²) in [6.45, 7) is 0. The minimum Gasteiger partial charge on any atom is -0.478 e.